The van der Waals surface area contributed by atoms with Crippen LogP contribution in [0.1, 0.15) is 51.9 Å². The van der Waals surface area contributed by atoms with Crippen molar-refractivity contribution < 1.29 is 9.59 Å². The average Bonchev–Trinajstić information content (AvgIpc) is 2.85. The molecule has 0 heterocycles. The molecular formula is C22H24O2. The molecule has 2 saturated carbocycles. The van der Waals surface area contributed by atoms with Gasteiger partial charge in [-0.3, -0.25) is 9.59 Å². The molecule has 0 saturated heterocycles. The lowest BCUT2D eigenvalue weighted by molar-refractivity contribution is -0.127. The van der Waals surface area contributed by atoms with Crippen molar-refractivity contribution in [3.63, 3.8) is 0 Å². The lowest BCUT2D eigenvalue weighted by Crippen LogP contribution is -2.46. The molecule has 0 spiro atoms. The monoisotopic (exact) mass is 320 g/mol. The van der Waals surface area contributed by atoms with E-state index in [0.29, 0.717) is 36.9 Å². The van der Waals surface area contributed by atoms with Gasteiger partial charge in [0.05, 0.1) is 0 Å². The Morgan fingerprint density at radius 2 is 2.17 bits per heavy atom. The molecule has 0 aliphatic heterocycles. The van der Waals surface area contributed by atoms with E-state index in [-0.39, 0.29) is 16.6 Å². The Labute approximate surface area is 144 Å². The van der Waals surface area contributed by atoms with Crippen molar-refractivity contribution in [2.24, 2.45) is 22.7 Å². The van der Waals surface area contributed by atoms with E-state index in [2.05, 4.69) is 25.5 Å². The molecule has 2 nitrogen and oxygen atoms in total. The quantitative estimate of drug-likeness (QED) is 0.536. The fourth-order valence-corrected chi connectivity index (χ4v) is 5.92. The van der Waals surface area contributed by atoms with Gasteiger partial charge >= 0.3 is 0 Å². The molecule has 4 atom stereocenters. The van der Waals surface area contributed by atoms with Crippen molar-refractivity contribution >= 4 is 11.6 Å². The highest BCUT2D eigenvalue weighted by Crippen LogP contribution is 2.64. The van der Waals surface area contributed by atoms with Crippen LogP contribution in [0.4, 0.5) is 0 Å². The van der Waals surface area contributed by atoms with Crippen LogP contribution in [0.2, 0.25) is 0 Å². The summed E-state index contributed by atoms with van der Waals surface area (Å²) in [7, 11) is 0. The number of Topliss-reactive ketones (excluding diaryl/α,β-unsaturated/α-hetero) is 1. The highest BCUT2D eigenvalue weighted by molar-refractivity contribution is 5.93. The maximum atomic E-state index is 12.5. The van der Waals surface area contributed by atoms with E-state index in [9.17, 15) is 9.59 Å². The normalized spacial score (nSPS) is 40.9. The summed E-state index contributed by atoms with van der Waals surface area (Å²) in [6.45, 7) is 6.45. The van der Waals surface area contributed by atoms with Gasteiger partial charge in [-0.05, 0) is 49.2 Å². The second-order valence-corrected chi connectivity index (χ2v) is 8.25. The summed E-state index contributed by atoms with van der Waals surface area (Å²) >= 11 is 0. The van der Waals surface area contributed by atoms with E-state index in [1.807, 2.05) is 0 Å². The predicted molar refractivity (Wildman–Crippen MR) is 94.0 cm³/mol. The van der Waals surface area contributed by atoms with Crippen LogP contribution in [0.3, 0.4) is 0 Å². The summed E-state index contributed by atoms with van der Waals surface area (Å²) < 4.78 is 0. The first-order valence-corrected chi connectivity index (χ1v) is 9.03. The lowest BCUT2D eigenvalue weighted by Gasteiger charge is -2.53. The molecule has 0 amide bonds. The number of terminal acetylenes is 1. The number of carbonyl (C=O) groups excluding carboxylic acids is 2. The standard InChI is InChI=1S/C22H24O2/c1-4-9-22-11-7-15(23)13-19(22)14(2)12-16-17-5-6-20(24)21(17,3)10-8-18(16)22/h1,8,13,16-17H,2,5-7,9-12H2,3H3/t16?,17?,21?,22-/m1/s1. The molecule has 0 radical (unpaired) electrons. The second-order valence-electron chi connectivity index (χ2n) is 8.25. The Kier molecular flexibility index (Phi) is 3.29. The van der Waals surface area contributed by atoms with Crippen LogP contribution in [0.15, 0.2) is 35.5 Å². The first-order valence-electron chi connectivity index (χ1n) is 9.03. The largest absolute Gasteiger partial charge is 0.299 e. The summed E-state index contributed by atoms with van der Waals surface area (Å²) in [5.41, 5.74) is 3.12. The Hall–Kier alpha value is -1.88. The van der Waals surface area contributed by atoms with Gasteiger partial charge in [0.1, 0.15) is 5.78 Å². The van der Waals surface area contributed by atoms with Crippen molar-refractivity contribution in [2.75, 3.05) is 0 Å². The minimum atomic E-state index is -0.213. The van der Waals surface area contributed by atoms with Gasteiger partial charge in [-0.2, -0.15) is 0 Å². The Balaban J connectivity index is 1.87. The van der Waals surface area contributed by atoms with E-state index >= 15 is 0 Å². The predicted octanol–water partition coefficient (Wildman–Crippen LogP) is 4.18. The summed E-state index contributed by atoms with van der Waals surface area (Å²) in [5.74, 6) is 4.24. The van der Waals surface area contributed by atoms with E-state index < -0.39 is 0 Å². The molecule has 2 heteroatoms. The highest BCUT2D eigenvalue weighted by atomic mass is 16.1. The molecule has 24 heavy (non-hydrogen) atoms. The lowest BCUT2D eigenvalue weighted by atomic mass is 9.50. The molecule has 3 unspecified atom stereocenters. The van der Waals surface area contributed by atoms with Crippen LogP contribution in [-0.4, -0.2) is 11.6 Å². The van der Waals surface area contributed by atoms with Crippen LogP contribution >= 0.6 is 0 Å². The minimum Gasteiger partial charge on any atom is -0.299 e. The molecule has 0 bridgehead atoms. The van der Waals surface area contributed by atoms with E-state index in [1.165, 1.54) is 5.57 Å². The first-order chi connectivity index (χ1) is 11.4. The topological polar surface area (TPSA) is 34.1 Å². The van der Waals surface area contributed by atoms with Crippen LogP contribution in [-0.2, 0) is 9.59 Å². The van der Waals surface area contributed by atoms with Gasteiger partial charge in [0.15, 0.2) is 5.78 Å². The van der Waals surface area contributed by atoms with Gasteiger partial charge in [-0.15, -0.1) is 12.3 Å². The molecular weight excluding hydrogens is 296 g/mol. The third kappa shape index (κ3) is 1.85. The van der Waals surface area contributed by atoms with Gasteiger partial charge in [0, 0.05) is 30.1 Å². The molecule has 0 N–H and O–H groups in total. The SMILES string of the molecule is C#CC[C@]12CCC(=O)C=C1C(=C)CC1C2=CCC2(C)C(=O)CCC12. The smallest absolute Gasteiger partial charge is 0.156 e. The third-order valence-corrected chi connectivity index (χ3v) is 7.19. The summed E-state index contributed by atoms with van der Waals surface area (Å²) in [5, 5.41) is 0. The zero-order valence-electron chi connectivity index (χ0n) is 14.4. The number of hydrogen-bond donors (Lipinski definition) is 0. The maximum absolute atomic E-state index is 12.5. The zero-order chi connectivity index (χ0) is 17.1. The number of fused-ring (bicyclic) bond motifs is 5. The fourth-order valence-electron chi connectivity index (χ4n) is 5.92. The Morgan fingerprint density at radius 3 is 2.92 bits per heavy atom. The molecule has 124 valence electrons. The number of carbonyl (C=O) groups is 2. The molecule has 4 aliphatic rings. The van der Waals surface area contributed by atoms with Crippen LogP contribution < -0.4 is 0 Å². The summed E-state index contributed by atoms with van der Waals surface area (Å²) in [4.78, 5) is 24.5. The fraction of sp³-hybridized carbons (Fsp3) is 0.545. The third-order valence-electron chi connectivity index (χ3n) is 7.19. The minimum absolute atomic E-state index is 0.189. The van der Waals surface area contributed by atoms with Crippen molar-refractivity contribution in [3.05, 3.63) is 35.5 Å². The Morgan fingerprint density at radius 1 is 1.38 bits per heavy atom. The number of hydrogen-bond acceptors (Lipinski definition) is 2. The molecule has 0 aromatic rings. The molecule has 0 aromatic carbocycles. The van der Waals surface area contributed by atoms with E-state index in [0.717, 1.165) is 36.8 Å². The van der Waals surface area contributed by atoms with Gasteiger partial charge in [-0.1, -0.05) is 30.7 Å². The van der Waals surface area contributed by atoms with E-state index in [1.54, 1.807) is 6.08 Å². The summed E-state index contributed by atoms with van der Waals surface area (Å²) in [6, 6.07) is 0. The maximum Gasteiger partial charge on any atom is 0.156 e. The highest BCUT2D eigenvalue weighted by Gasteiger charge is 2.57. The number of rotatable bonds is 1. The van der Waals surface area contributed by atoms with Crippen molar-refractivity contribution in [1.29, 1.82) is 0 Å². The Bertz CT molecular complexity index is 759. The van der Waals surface area contributed by atoms with Crippen molar-refractivity contribution in [3.8, 4) is 12.3 Å². The van der Waals surface area contributed by atoms with Crippen molar-refractivity contribution in [1.82, 2.24) is 0 Å². The van der Waals surface area contributed by atoms with Crippen LogP contribution in [0.5, 0.6) is 0 Å². The molecule has 2 fully saturated rings. The van der Waals surface area contributed by atoms with Crippen LogP contribution in [0.25, 0.3) is 0 Å². The molecule has 4 aliphatic carbocycles. The second kappa shape index (κ2) is 5.06. The summed E-state index contributed by atoms with van der Waals surface area (Å²) in [6.07, 6.45) is 15.2. The van der Waals surface area contributed by atoms with Crippen molar-refractivity contribution in [2.45, 2.75) is 51.9 Å². The van der Waals surface area contributed by atoms with Crippen LogP contribution in [0, 0.1) is 35.0 Å². The molecule has 0 aromatic heterocycles. The van der Waals surface area contributed by atoms with E-state index in [4.69, 9.17) is 6.42 Å². The van der Waals surface area contributed by atoms with Gasteiger partial charge in [-0.25, -0.2) is 0 Å². The van der Waals surface area contributed by atoms with Gasteiger partial charge < -0.3 is 0 Å². The van der Waals surface area contributed by atoms with Gasteiger partial charge in [0.2, 0.25) is 0 Å². The first kappa shape index (κ1) is 15.6. The number of allylic oxidation sites excluding steroid dienone is 5. The number of ketones is 2. The average molecular weight is 320 g/mol. The zero-order valence-corrected chi connectivity index (χ0v) is 14.4. The molecule has 4 rings (SSSR count). The van der Waals surface area contributed by atoms with Gasteiger partial charge in [0.25, 0.3) is 0 Å².